The molecule has 26 heavy (non-hydrogen) atoms. The normalized spacial score (nSPS) is 13.4. The number of benzene rings is 2. The molecule has 2 aromatic carbocycles. The maximum atomic E-state index is 12.3. The fourth-order valence-corrected chi connectivity index (χ4v) is 2.81. The van der Waals surface area contributed by atoms with Crippen LogP contribution in [0.25, 0.3) is 0 Å². The lowest BCUT2D eigenvalue weighted by Crippen LogP contribution is -2.30. The number of carbonyl (C=O) groups is 2. The number of nitrogens with one attached hydrogen (secondary N) is 2. The van der Waals surface area contributed by atoms with Crippen molar-refractivity contribution in [2.45, 2.75) is 12.8 Å². The number of amides is 3. The molecule has 0 fully saturated rings. The zero-order valence-electron chi connectivity index (χ0n) is 14.8. The van der Waals surface area contributed by atoms with Crippen molar-refractivity contribution in [3.8, 4) is 5.75 Å². The Balaban J connectivity index is 1.51. The molecular formula is C20H23N3O3. The van der Waals surface area contributed by atoms with Crippen molar-refractivity contribution >= 4 is 17.6 Å². The van der Waals surface area contributed by atoms with Gasteiger partial charge in [0.1, 0.15) is 12.4 Å². The minimum atomic E-state index is -0.284. The van der Waals surface area contributed by atoms with E-state index in [1.165, 1.54) is 5.56 Å². The molecule has 0 unspecified atom stereocenters. The Morgan fingerprint density at radius 3 is 2.81 bits per heavy atom. The van der Waals surface area contributed by atoms with Gasteiger partial charge in [-0.3, -0.25) is 4.79 Å². The third-order valence-corrected chi connectivity index (χ3v) is 4.27. The zero-order valence-corrected chi connectivity index (χ0v) is 14.8. The monoisotopic (exact) mass is 353 g/mol. The number of hydrogen-bond acceptors (Lipinski definition) is 3. The Bertz CT molecular complexity index is 777. The molecule has 6 heteroatoms. The number of ether oxygens (including phenoxy) is 1. The van der Waals surface area contributed by atoms with Crippen molar-refractivity contribution in [3.05, 3.63) is 59.7 Å². The van der Waals surface area contributed by atoms with Gasteiger partial charge in [-0.25, -0.2) is 4.79 Å². The molecule has 136 valence electrons. The van der Waals surface area contributed by atoms with E-state index in [1.807, 2.05) is 18.2 Å². The molecule has 0 atom stereocenters. The molecule has 1 aliphatic rings. The lowest BCUT2D eigenvalue weighted by atomic mass is 10.1. The van der Waals surface area contributed by atoms with Gasteiger partial charge in [-0.15, -0.1) is 0 Å². The second-order valence-corrected chi connectivity index (χ2v) is 6.26. The van der Waals surface area contributed by atoms with E-state index >= 15 is 0 Å². The Morgan fingerprint density at radius 1 is 1.19 bits per heavy atom. The number of carbonyl (C=O) groups excluding carboxylic acids is 2. The molecule has 2 aromatic rings. The van der Waals surface area contributed by atoms with Crippen molar-refractivity contribution in [1.29, 1.82) is 0 Å². The number of rotatable bonds is 5. The third-order valence-electron chi connectivity index (χ3n) is 4.27. The number of fused-ring (bicyclic) bond motifs is 1. The van der Waals surface area contributed by atoms with Crippen LogP contribution in [0.3, 0.4) is 0 Å². The summed E-state index contributed by atoms with van der Waals surface area (Å²) in [5.41, 5.74) is 2.28. The van der Waals surface area contributed by atoms with Crippen LogP contribution in [-0.4, -0.2) is 43.6 Å². The number of urea groups is 1. The predicted molar refractivity (Wildman–Crippen MR) is 101 cm³/mol. The predicted octanol–water partition coefficient (Wildman–Crippen LogP) is 2.91. The summed E-state index contributed by atoms with van der Waals surface area (Å²) in [7, 11) is 1.74. The van der Waals surface area contributed by atoms with E-state index in [0.29, 0.717) is 36.7 Å². The average molecular weight is 353 g/mol. The molecule has 2 N–H and O–H groups in total. The SMILES string of the molecule is CN1CCOc2ccc(NC(=O)NCCCc3ccccc3)cc2C1=O. The van der Waals surface area contributed by atoms with Crippen LogP contribution in [0, 0.1) is 0 Å². The van der Waals surface area contributed by atoms with Crippen LogP contribution in [0.1, 0.15) is 22.3 Å². The zero-order chi connectivity index (χ0) is 18.4. The van der Waals surface area contributed by atoms with E-state index in [1.54, 1.807) is 30.1 Å². The molecule has 0 spiro atoms. The van der Waals surface area contributed by atoms with Crippen molar-refractivity contribution in [2.24, 2.45) is 0 Å². The molecule has 1 aliphatic heterocycles. The molecule has 0 radical (unpaired) electrons. The van der Waals surface area contributed by atoms with Crippen molar-refractivity contribution in [3.63, 3.8) is 0 Å². The fraction of sp³-hybridized carbons (Fsp3) is 0.300. The number of nitrogens with zero attached hydrogens (tertiary/aromatic N) is 1. The molecule has 3 rings (SSSR count). The Hall–Kier alpha value is -3.02. The van der Waals surface area contributed by atoms with Crippen LogP contribution >= 0.6 is 0 Å². The maximum Gasteiger partial charge on any atom is 0.319 e. The molecule has 0 saturated carbocycles. The summed E-state index contributed by atoms with van der Waals surface area (Å²) in [5, 5.41) is 5.61. The largest absolute Gasteiger partial charge is 0.491 e. The summed E-state index contributed by atoms with van der Waals surface area (Å²) >= 11 is 0. The van der Waals surface area contributed by atoms with Crippen molar-refractivity contribution < 1.29 is 14.3 Å². The number of anilines is 1. The van der Waals surface area contributed by atoms with Crippen molar-refractivity contribution in [2.75, 3.05) is 32.1 Å². The van der Waals surface area contributed by atoms with Gasteiger partial charge in [0.25, 0.3) is 5.91 Å². The van der Waals surface area contributed by atoms with Crippen LogP contribution in [0.2, 0.25) is 0 Å². The fourth-order valence-electron chi connectivity index (χ4n) is 2.81. The summed E-state index contributed by atoms with van der Waals surface area (Å²) in [4.78, 5) is 26.0. The smallest absolute Gasteiger partial charge is 0.319 e. The van der Waals surface area contributed by atoms with E-state index in [0.717, 1.165) is 12.8 Å². The molecule has 0 aromatic heterocycles. The van der Waals surface area contributed by atoms with Gasteiger partial charge in [-0.1, -0.05) is 30.3 Å². The number of hydrogen-bond donors (Lipinski definition) is 2. The Labute approximate surface area is 153 Å². The highest BCUT2D eigenvalue weighted by Gasteiger charge is 2.21. The minimum absolute atomic E-state index is 0.107. The second kappa shape index (κ2) is 8.38. The van der Waals surface area contributed by atoms with Crippen molar-refractivity contribution in [1.82, 2.24) is 10.2 Å². The standard InChI is InChI=1S/C20H23N3O3/c1-23-12-13-26-18-10-9-16(14-17(18)19(23)24)22-20(25)21-11-5-8-15-6-3-2-4-7-15/h2-4,6-7,9-10,14H,5,8,11-13H2,1H3,(H2,21,22,25). The third kappa shape index (κ3) is 4.53. The highest BCUT2D eigenvalue weighted by atomic mass is 16.5. The van der Waals surface area contributed by atoms with E-state index < -0.39 is 0 Å². The summed E-state index contributed by atoms with van der Waals surface area (Å²) in [6.07, 6.45) is 1.77. The maximum absolute atomic E-state index is 12.3. The average Bonchev–Trinajstić information content (AvgIpc) is 2.79. The Morgan fingerprint density at radius 2 is 2.00 bits per heavy atom. The van der Waals surface area contributed by atoms with Gasteiger partial charge in [0, 0.05) is 19.3 Å². The first-order valence-electron chi connectivity index (χ1n) is 8.74. The second-order valence-electron chi connectivity index (χ2n) is 6.26. The molecule has 1 heterocycles. The first-order chi connectivity index (χ1) is 12.6. The minimum Gasteiger partial charge on any atom is -0.491 e. The summed E-state index contributed by atoms with van der Waals surface area (Å²) < 4.78 is 5.58. The van der Waals surface area contributed by atoms with Gasteiger partial charge >= 0.3 is 6.03 Å². The molecular weight excluding hydrogens is 330 g/mol. The molecule has 0 aliphatic carbocycles. The van der Waals surface area contributed by atoms with E-state index in [4.69, 9.17) is 4.74 Å². The van der Waals surface area contributed by atoms with Crippen LogP contribution in [0.5, 0.6) is 5.75 Å². The van der Waals surface area contributed by atoms with Gasteiger partial charge in [0.2, 0.25) is 0 Å². The first-order valence-corrected chi connectivity index (χ1v) is 8.74. The van der Waals surface area contributed by atoms with Gasteiger partial charge in [0.05, 0.1) is 12.1 Å². The molecule has 3 amide bonds. The summed E-state index contributed by atoms with van der Waals surface area (Å²) in [6.45, 7) is 1.58. The highest BCUT2D eigenvalue weighted by molar-refractivity contribution is 5.99. The van der Waals surface area contributed by atoms with Gasteiger partial charge < -0.3 is 20.3 Å². The van der Waals surface area contributed by atoms with Gasteiger partial charge in [-0.05, 0) is 36.6 Å². The summed E-state index contributed by atoms with van der Waals surface area (Å²) in [6, 6.07) is 15.0. The van der Waals surface area contributed by atoms with E-state index in [2.05, 4.69) is 22.8 Å². The van der Waals surface area contributed by atoms with Gasteiger partial charge in [-0.2, -0.15) is 0 Å². The quantitative estimate of drug-likeness (QED) is 0.812. The van der Waals surface area contributed by atoms with Crippen LogP contribution in [0.15, 0.2) is 48.5 Å². The topological polar surface area (TPSA) is 70.7 Å². The Kier molecular flexibility index (Phi) is 5.73. The van der Waals surface area contributed by atoms with E-state index in [9.17, 15) is 9.59 Å². The van der Waals surface area contributed by atoms with Crippen LogP contribution in [0.4, 0.5) is 10.5 Å². The molecule has 6 nitrogen and oxygen atoms in total. The summed E-state index contributed by atoms with van der Waals surface area (Å²) in [5.74, 6) is 0.442. The highest BCUT2D eigenvalue weighted by Crippen LogP contribution is 2.26. The number of likely N-dealkylation sites (N-methyl/N-ethyl adjacent to an activating group) is 1. The lowest BCUT2D eigenvalue weighted by molar-refractivity contribution is 0.0796. The van der Waals surface area contributed by atoms with Gasteiger partial charge in [0.15, 0.2) is 0 Å². The van der Waals surface area contributed by atoms with E-state index in [-0.39, 0.29) is 11.9 Å². The van der Waals surface area contributed by atoms with Crippen LogP contribution in [-0.2, 0) is 6.42 Å². The molecule has 0 saturated heterocycles. The molecule has 0 bridgehead atoms. The first kappa shape index (κ1) is 17.8. The lowest BCUT2D eigenvalue weighted by Gasteiger charge is -2.13. The van der Waals surface area contributed by atoms with Crippen LogP contribution < -0.4 is 15.4 Å². The number of aryl methyl sites for hydroxylation is 1.